The number of rotatable bonds is 15. The van der Waals surface area contributed by atoms with Crippen LogP contribution in [0.2, 0.25) is 0 Å². The Kier molecular flexibility index (Phi) is 24.9. The highest BCUT2D eigenvalue weighted by Crippen LogP contribution is 2.09. The van der Waals surface area contributed by atoms with Gasteiger partial charge in [-0.25, -0.2) is 0 Å². The monoisotopic (exact) mass is 327 g/mol. The molecular weight excluding hydrogens is 286 g/mol. The van der Waals surface area contributed by atoms with E-state index in [0.717, 1.165) is 19.4 Å². The number of allylic oxidation sites excluding steroid dienone is 2. The Morgan fingerprint density at radius 2 is 1.17 bits per heavy atom. The molecule has 0 saturated carbocycles. The number of carboxylic acids is 1. The molecule has 0 aliphatic heterocycles. The lowest BCUT2D eigenvalue weighted by Crippen LogP contribution is -1.93. The van der Waals surface area contributed by atoms with Crippen LogP contribution in [0.5, 0.6) is 0 Å². The number of aliphatic carboxylic acids is 1. The van der Waals surface area contributed by atoms with Crippen LogP contribution in [0.4, 0.5) is 0 Å². The average Bonchev–Trinajstić information content (AvgIpc) is 2.51. The van der Waals surface area contributed by atoms with Gasteiger partial charge < -0.3 is 10.8 Å². The quantitative estimate of drug-likeness (QED) is 0.283. The molecule has 0 saturated heterocycles. The van der Waals surface area contributed by atoms with Gasteiger partial charge in [-0.15, -0.1) is 0 Å². The number of carboxylic acid groups (broad SMARTS) is 1. The van der Waals surface area contributed by atoms with Gasteiger partial charge in [0.1, 0.15) is 0 Å². The molecule has 138 valence electrons. The largest absolute Gasteiger partial charge is 0.481 e. The zero-order chi connectivity index (χ0) is 17.6. The summed E-state index contributed by atoms with van der Waals surface area (Å²) in [4.78, 5) is 10.3. The predicted octanol–water partition coefficient (Wildman–Crippen LogP) is 6.07. The first-order valence-corrected chi connectivity index (χ1v) is 9.75. The number of carbonyl (C=O) groups is 1. The lowest BCUT2D eigenvalue weighted by atomic mass is 10.1. The van der Waals surface area contributed by atoms with Crippen molar-refractivity contribution in [2.75, 3.05) is 6.54 Å². The van der Waals surface area contributed by atoms with Crippen LogP contribution in [0, 0.1) is 0 Å². The van der Waals surface area contributed by atoms with Crippen molar-refractivity contribution >= 4 is 5.97 Å². The fourth-order valence-corrected chi connectivity index (χ4v) is 2.35. The number of nitrogens with two attached hydrogens (primary N) is 1. The van der Waals surface area contributed by atoms with Crippen LogP contribution in [0.3, 0.4) is 0 Å². The Balaban J connectivity index is 0. The first-order chi connectivity index (χ1) is 11.2. The third-order valence-corrected chi connectivity index (χ3v) is 3.65. The summed E-state index contributed by atoms with van der Waals surface area (Å²) in [6.07, 6.45) is 21.2. The van der Waals surface area contributed by atoms with Crippen LogP contribution < -0.4 is 5.73 Å². The van der Waals surface area contributed by atoms with Gasteiger partial charge in [0.25, 0.3) is 0 Å². The van der Waals surface area contributed by atoms with Crippen LogP contribution in [-0.2, 0) is 4.79 Å². The smallest absolute Gasteiger partial charge is 0.303 e. The second-order valence-electron chi connectivity index (χ2n) is 6.14. The summed E-state index contributed by atoms with van der Waals surface area (Å²) >= 11 is 0. The molecule has 0 unspecified atom stereocenters. The summed E-state index contributed by atoms with van der Waals surface area (Å²) in [6.45, 7) is 4.91. The van der Waals surface area contributed by atoms with Crippen molar-refractivity contribution in [2.24, 2.45) is 5.73 Å². The fraction of sp³-hybridized carbons (Fsp3) is 0.850. The molecule has 0 bridgehead atoms. The second kappa shape index (κ2) is 23.4. The van der Waals surface area contributed by atoms with Crippen molar-refractivity contribution in [1.29, 1.82) is 0 Å². The molecule has 0 fully saturated rings. The average molecular weight is 328 g/mol. The Bertz CT molecular complexity index is 252. The lowest BCUT2D eigenvalue weighted by molar-refractivity contribution is -0.137. The topological polar surface area (TPSA) is 63.3 Å². The van der Waals surface area contributed by atoms with Gasteiger partial charge in [0, 0.05) is 6.42 Å². The Morgan fingerprint density at radius 1 is 0.783 bits per heavy atom. The van der Waals surface area contributed by atoms with E-state index in [4.69, 9.17) is 10.8 Å². The van der Waals surface area contributed by atoms with Crippen molar-refractivity contribution in [1.82, 2.24) is 0 Å². The van der Waals surface area contributed by atoms with Gasteiger partial charge in [-0.2, -0.15) is 0 Å². The van der Waals surface area contributed by atoms with Gasteiger partial charge in [0.05, 0.1) is 0 Å². The third-order valence-electron chi connectivity index (χ3n) is 3.65. The Hall–Kier alpha value is -0.830. The van der Waals surface area contributed by atoms with Gasteiger partial charge in [-0.3, -0.25) is 4.79 Å². The number of hydrogen-bond acceptors (Lipinski definition) is 2. The molecule has 0 aromatic heterocycles. The lowest BCUT2D eigenvalue weighted by Gasteiger charge is -1.99. The Labute approximate surface area is 144 Å². The summed E-state index contributed by atoms with van der Waals surface area (Å²) in [7, 11) is 0. The molecule has 3 N–H and O–H groups in total. The summed E-state index contributed by atoms with van der Waals surface area (Å²) in [5, 5.41) is 8.51. The van der Waals surface area contributed by atoms with Crippen molar-refractivity contribution < 1.29 is 9.90 Å². The molecule has 0 atom stereocenters. The molecule has 0 radical (unpaired) electrons. The SMILES string of the molecule is CCCCCCCC/C=C/CCCCCCCC(=O)O.CCN. The van der Waals surface area contributed by atoms with Crippen molar-refractivity contribution in [3.8, 4) is 0 Å². The van der Waals surface area contributed by atoms with Crippen LogP contribution in [-0.4, -0.2) is 17.6 Å². The second-order valence-corrected chi connectivity index (χ2v) is 6.14. The van der Waals surface area contributed by atoms with E-state index >= 15 is 0 Å². The van der Waals surface area contributed by atoms with E-state index in [1.807, 2.05) is 6.92 Å². The minimum Gasteiger partial charge on any atom is -0.481 e. The van der Waals surface area contributed by atoms with E-state index in [1.54, 1.807) is 0 Å². The van der Waals surface area contributed by atoms with Gasteiger partial charge in [-0.1, -0.05) is 77.4 Å². The zero-order valence-electron chi connectivity index (χ0n) is 15.7. The van der Waals surface area contributed by atoms with Gasteiger partial charge >= 0.3 is 5.97 Å². The first-order valence-electron chi connectivity index (χ1n) is 9.75. The molecular formula is C20H41NO2. The number of unbranched alkanes of at least 4 members (excludes halogenated alkanes) is 11. The highest BCUT2D eigenvalue weighted by atomic mass is 16.4. The molecule has 0 amide bonds. The van der Waals surface area contributed by atoms with Gasteiger partial charge in [0.15, 0.2) is 0 Å². The van der Waals surface area contributed by atoms with Crippen LogP contribution in [0.15, 0.2) is 12.2 Å². The maximum Gasteiger partial charge on any atom is 0.303 e. The van der Waals surface area contributed by atoms with E-state index in [1.165, 1.54) is 70.6 Å². The molecule has 3 nitrogen and oxygen atoms in total. The maximum absolute atomic E-state index is 10.3. The molecule has 23 heavy (non-hydrogen) atoms. The maximum atomic E-state index is 10.3. The van der Waals surface area contributed by atoms with E-state index in [-0.39, 0.29) is 0 Å². The van der Waals surface area contributed by atoms with Crippen LogP contribution in [0.25, 0.3) is 0 Å². The van der Waals surface area contributed by atoms with Crippen molar-refractivity contribution in [2.45, 2.75) is 104 Å². The molecule has 0 aliphatic rings. The minimum atomic E-state index is -0.664. The molecule has 0 spiro atoms. The molecule has 0 aromatic carbocycles. The van der Waals surface area contributed by atoms with Crippen LogP contribution >= 0.6 is 0 Å². The molecule has 0 rings (SSSR count). The summed E-state index contributed by atoms with van der Waals surface area (Å²) in [6, 6.07) is 0. The third kappa shape index (κ3) is 29.8. The van der Waals surface area contributed by atoms with Gasteiger partial charge in [-0.05, 0) is 38.6 Å². The zero-order valence-corrected chi connectivity index (χ0v) is 15.7. The standard InChI is InChI=1S/C18H34O2.C2H7N/c1-2-3-4-5-6-7-8-9-10-11-12-13-14-15-16-17-18(19)20;1-2-3/h9-10H,2-8,11-17H2,1H3,(H,19,20);2-3H2,1H3/b10-9+;. The van der Waals surface area contributed by atoms with E-state index in [2.05, 4.69) is 19.1 Å². The highest BCUT2D eigenvalue weighted by Gasteiger charge is 1.95. The van der Waals surface area contributed by atoms with E-state index in [0.29, 0.717) is 6.42 Å². The molecule has 3 heteroatoms. The van der Waals surface area contributed by atoms with Crippen molar-refractivity contribution in [3.63, 3.8) is 0 Å². The molecule has 0 aromatic rings. The predicted molar refractivity (Wildman–Crippen MR) is 102 cm³/mol. The van der Waals surface area contributed by atoms with Crippen molar-refractivity contribution in [3.05, 3.63) is 12.2 Å². The normalized spacial score (nSPS) is 10.6. The summed E-state index contributed by atoms with van der Waals surface area (Å²) < 4.78 is 0. The molecule has 0 aliphatic carbocycles. The van der Waals surface area contributed by atoms with Crippen LogP contribution in [0.1, 0.15) is 104 Å². The first kappa shape index (κ1) is 24.4. The minimum absolute atomic E-state index is 0.332. The molecule has 0 heterocycles. The van der Waals surface area contributed by atoms with Gasteiger partial charge in [0.2, 0.25) is 0 Å². The number of hydrogen-bond donors (Lipinski definition) is 2. The van der Waals surface area contributed by atoms with E-state index in [9.17, 15) is 4.79 Å². The Morgan fingerprint density at radius 3 is 1.61 bits per heavy atom. The van der Waals surface area contributed by atoms with E-state index < -0.39 is 5.97 Å². The highest BCUT2D eigenvalue weighted by molar-refractivity contribution is 5.66. The summed E-state index contributed by atoms with van der Waals surface area (Å²) in [5.41, 5.74) is 4.85. The summed E-state index contributed by atoms with van der Waals surface area (Å²) in [5.74, 6) is -0.664. The fourth-order valence-electron chi connectivity index (χ4n) is 2.35.